The van der Waals surface area contributed by atoms with Gasteiger partial charge in [-0.3, -0.25) is 19.3 Å². The minimum atomic E-state index is -0.878. The lowest BCUT2D eigenvalue weighted by Crippen LogP contribution is -2.51. The van der Waals surface area contributed by atoms with Gasteiger partial charge >= 0.3 is 0 Å². The third-order valence-corrected chi connectivity index (χ3v) is 4.77. The fourth-order valence-electron chi connectivity index (χ4n) is 3.38. The van der Waals surface area contributed by atoms with Crippen LogP contribution < -0.4 is 4.90 Å². The Bertz CT molecular complexity index is 857. The van der Waals surface area contributed by atoms with Crippen LogP contribution in [0.4, 0.5) is 5.69 Å². The number of rotatable bonds is 7. The highest BCUT2D eigenvalue weighted by molar-refractivity contribution is 6.21. The number of ether oxygens (including phenoxy) is 1. The molecule has 0 fully saturated rings. The SMILES string of the molecule is CCN(C(=O)COCC(C)(C)N1C(=O)c2ccccc2C1=O)c1ccccc1. The Kier molecular flexibility index (Phi) is 5.61. The quantitative estimate of drug-likeness (QED) is 0.692. The predicted octanol–water partition coefficient (Wildman–Crippen LogP) is 3.13. The molecular formula is C22H24N2O4. The number of likely N-dealkylation sites (N-methyl/N-ethyl adjacent to an activating group) is 1. The Balaban J connectivity index is 1.63. The highest BCUT2D eigenvalue weighted by atomic mass is 16.5. The second kappa shape index (κ2) is 7.94. The molecule has 0 aliphatic carbocycles. The standard InChI is InChI=1S/C22H24N2O4/c1-4-23(16-10-6-5-7-11-16)19(25)14-28-15-22(2,3)24-20(26)17-12-8-9-13-18(17)21(24)27/h5-13H,4,14-15H2,1-3H3. The number of para-hydroxylation sites is 1. The van der Waals surface area contributed by atoms with Crippen molar-refractivity contribution in [3.05, 3.63) is 65.7 Å². The second-order valence-electron chi connectivity index (χ2n) is 7.27. The smallest absolute Gasteiger partial charge is 0.262 e. The fourth-order valence-corrected chi connectivity index (χ4v) is 3.38. The summed E-state index contributed by atoms with van der Waals surface area (Å²) < 4.78 is 5.64. The first-order valence-electron chi connectivity index (χ1n) is 9.28. The molecule has 0 unspecified atom stereocenters. The molecule has 1 heterocycles. The molecule has 1 aliphatic heterocycles. The third-order valence-electron chi connectivity index (χ3n) is 4.77. The van der Waals surface area contributed by atoms with Crippen molar-refractivity contribution < 1.29 is 19.1 Å². The van der Waals surface area contributed by atoms with Gasteiger partial charge in [-0.15, -0.1) is 0 Å². The molecule has 0 N–H and O–H groups in total. The van der Waals surface area contributed by atoms with Crippen molar-refractivity contribution in [3.8, 4) is 0 Å². The lowest BCUT2D eigenvalue weighted by Gasteiger charge is -2.33. The average molecular weight is 380 g/mol. The molecule has 3 amide bonds. The molecule has 2 aromatic rings. The zero-order valence-electron chi connectivity index (χ0n) is 16.3. The molecule has 0 atom stereocenters. The van der Waals surface area contributed by atoms with Crippen molar-refractivity contribution in [2.45, 2.75) is 26.3 Å². The number of amides is 3. The zero-order chi connectivity index (χ0) is 20.3. The molecule has 3 rings (SSSR count). The van der Waals surface area contributed by atoms with E-state index in [2.05, 4.69) is 0 Å². The minimum Gasteiger partial charge on any atom is -0.369 e. The molecular weight excluding hydrogens is 356 g/mol. The van der Waals surface area contributed by atoms with Crippen molar-refractivity contribution in [2.75, 3.05) is 24.7 Å². The van der Waals surface area contributed by atoms with Gasteiger partial charge in [-0.25, -0.2) is 0 Å². The lowest BCUT2D eigenvalue weighted by atomic mass is 10.0. The van der Waals surface area contributed by atoms with E-state index in [1.165, 1.54) is 4.90 Å². The van der Waals surface area contributed by atoms with Gasteiger partial charge < -0.3 is 9.64 Å². The van der Waals surface area contributed by atoms with Crippen molar-refractivity contribution in [2.24, 2.45) is 0 Å². The highest BCUT2D eigenvalue weighted by Crippen LogP contribution is 2.29. The van der Waals surface area contributed by atoms with E-state index in [0.29, 0.717) is 17.7 Å². The Hall–Kier alpha value is -2.99. The summed E-state index contributed by atoms with van der Waals surface area (Å²) in [6, 6.07) is 16.1. The van der Waals surface area contributed by atoms with Crippen LogP contribution >= 0.6 is 0 Å². The maximum Gasteiger partial charge on any atom is 0.262 e. The summed E-state index contributed by atoms with van der Waals surface area (Å²) in [6.07, 6.45) is 0. The first-order valence-corrected chi connectivity index (χ1v) is 9.28. The first-order chi connectivity index (χ1) is 13.4. The monoisotopic (exact) mass is 380 g/mol. The number of benzene rings is 2. The maximum atomic E-state index is 12.7. The summed E-state index contributed by atoms with van der Waals surface area (Å²) in [5, 5.41) is 0. The van der Waals surface area contributed by atoms with E-state index in [1.807, 2.05) is 37.3 Å². The van der Waals surface area contributed by atoms with Crippen molar-refractivity contribution in [3.63, 3.8) is 0 Å². The van der Waals surface area contributed by atoms with Crippen LogP contribution in [0, 0.1) is 0 Å². The number of hydrogen-bond acceptors (Lipinski definition) is 4. The number of carbonyl (C=O) groups excluding carboxylic acids is 3. The lowest BCUT2D eigenvalue weighted by molar-refractivity contribution is -0.124. The van der Waals surface area contributed by atoms with Crippen LogP contribution in [0.15, 0.2) is 54.6 Å². The highest BCUT2D eigenvalue weighted by Gasteiger charge is 2.44. The minimum absolute atomic E-state index is 0.0660. The van der Waals surface area contributed by atoms with E-state index in [4.69, 9.17) is 4.74 Å². The maximum absolute atomic E-state index is 12.7. The van der Waals surface area contributed by atoms with Gasteiger partial charge in [0.1, 0.15) is 6.61 Å². The van der Waals surface area contributed by atoms with Gasteiger partial charge in [0.05, 0.1) is 23.3 Å². The summed E-state index contributed by atoms with van der Waals surface area (Å²) in [7, 11) is 0. The molecule has 28 heavy (non-hydrogen) atoms. The summed E-state index contributed by atoms with van der Waals surface area (Å²) >= 11 is 0. The molecule has 0 aromatic heterocycles. The van der Waals surface area contributed by atoms with E-state index >= 15 is 0 Å². The van der Waals surface area contributed by atoms with Gasteiger partial charge in [0.15, 0.2) is 0 Å². The fraction of sp³-hybridized carbons (Fsp3) is 0.318. The van der Waals surface area contributed by atoms with Gasteiger partial charge in [-0.05, 0) is 45.0 Å². The molecule has 0 spiro atoms. The third kappa shape index (κ3) is 3.68. The molecule has 146 valence electrons. The van der Waals surface area contributed by atoms with Crippen LogP contribution in [0.5, 0.6) is 0 Å². The van der Waals surface area contributed by atoms with E-state index in [-0.39, 0.29) is 30.9 Å². The first kappa shape index (κ1) is 19.8. The predicted molar refractivity (Wildman–Crippen MR) is 106 cm³/mol. The van der Waals surface area contributed by atoms with Crippen LogP contribution in [-0.4, -0.2) is 47.9 Å². The molecule has 0 bridgehead atoms. The number of carbonyl (C=O) groups is 3. The Morgan fingerprint density at radius 3 is 2.04 bits per heavy atom. The number of nitrogens with zero attached hydrogens (tertiary/aromatic N) is 2. The normalized spacial score (nSPS) is 13.6. The molecule has 0 radical (unpaired) electrons. The summed E-state index contributed by atoms with van der Waals surface area (Å²) in [5.41, 5.74) is 0.728. The van der Waals surface area contributed by atoms with E-state index in [9.17, 15) is 14.4 Å². The molecule has 6 nitrogen and oxygen atoms in total. The summed E-state index contributed by atoms with van der Waals surface area (Å²) in [6.45, 7) is 5.87. The van der Waals surface area contributed by atoms with Crippen LogP contribution in [0.25, 0.3) is 0 Å². The number of imide groups is 1. The van der Waals surface area contributed by atoms with Crippen LogP contribution in [0.1, 0.15) is 41.5 Å². The van der Waals surface area contributed by atoms with Crippen LogP contribution in [0.2, 0.25) is 0 Å². The van der Waals surface area contributed by atoms with Crippen LogP contribution in [-0.2, 0) is 9.53 Å². The Morgan fingerprint density at radius 1 is 0.964 bits per heavy atom. The Morgan fingerprint density at radius 2 is 1.50 bits per heavy atom. The molecule has 1 aliphatic rings. The molecule has 0 saturated carbocycles. The topological polar surface area (TPSA) is 66.9 Å². The largest absolute Gasteiger partial charge is 0.369 e. The van der Waals surface area contributed by atoms with Gasteiger partial charge in [-0.1, -0.05) is 30.3 Å². The number of hydrogen-bond donors (Lipinski definition) is 0. The zero-order valence-corrected chi connectivity index (χ0v) is 16.3. The van der Waals surface area contributed by atoms with Gasteiger partial charge in [-0.2, -0.15) is 0 Å². The average Bonchev–Trinajstić information content (AvgIpc) is 2.94. The summed E-state index contributed by atoms with van der Waals surface area (Å²) in [5.74, 6) is -0.841. The van der Waals surface area contributed by atoms with E-state index in [1.54, 1.807) is 43.0 Å². The summed E-state index contributed by atoms with van der Waals surface area (Å²) in [4.78, 5) is 40.7. The molecule has 6 heteroatoms. The molecule has 0 saturated heterocycles. The van der Waals surface area contributed by atoms with E-state index in [0.717, 1.165) is 5.69 Å². The Labute approximate surface area is 164 Å². The number of fused-ring (bicyclic) bond motifs is 1. The van der Waals surface area contributed by atoms with Gasteiger partial charge in [0, 0.05) is 12.2 Å². The van der Waals surface area contributed by atoms with Crippen molar-refractivity contribution in [1.82, 2.24) is 4.90 Å². The molecule has 2 aromatic carbocycles. The van der Waals surface area contributed by atoms with Crippen LogP contribution in [0.3, 0.4) is 0 Å². The van der Waals surface area contributed by atoms with Gasteiger partial charge in [0.2, 0.25) is 0 Å². The number of anilines is 1. The van der Waals surface area contributed by atoms with E-state index < -0.39 is 5.54 Å². The van der Waals surface area contributed by atoms with Crippen molar-refractivity contribution >= 4 is 23.4 Å². The van der Waals surface area contributed by atoms with Crippen molar-refractivity contribution in [1.29, 1.82) is 0 Å². The van der Waals surface area contributed by atoms with Gasteiger partial charge in [0.25, 0.3) is 17.7 Å². The second-order valence-corrected chi connectivity index (χ2v) is 7.27.